The van der Waals surface area contributed by atoms with Gasteiger partial charge in [0.2, 0.25) is 5.89 Å². The first-order valence-electron chi connectivity index (χ1n) is 16.2. The molecule has 0 N–H and O–H groups in total. The van der Waals surface area contributed by atoms with Crippen LogP contribution in [0.2, 0.25) is 0 Å². The minimum absolute atomic E-state index is 0.591. The maximum Gasteiger partial charge on any atom is 0.227 e. The summed E-state index contributed by atoms with van der Waals surface area (Å²) in [5.41, 5.74) is 10.1. The minimum Gasteiger partial charge on any atom is -0.456 e. The van der Waals surface area contributed by atoms with Gasteiger partial charge in [-0.15, -0.1) is 0 Å². The minimum atomic E-state index is 0.591. The molecule has 0 spiro atoms. The van der Waals surface area contributed by atoms with E-state index in [1.807, 2.05) is 78.9 Å². The molecule has 11 rings (SSSR count). The van der Waals surface area contributed by atoms with Crippen LogP contribution < -0.4 is 4.90 Å². The lowest BCUT2D eigenvalue weighted by Crippen LogP contribution is -2.09. The number of aromatic nitrogens is 1. The van der Waals surface area contributed by atoms with Crippen LogP contribution in [0, 0.1) is 0 Å². The Balaban J connectivity index is 1.09. The molecule has 4 heterocycles. The molecule has 4 aromatic heterocycles. The first-order chi connectivity index (χ1) is 24.2. The van der Waals surface area contributed by atoms with Crippen molar-refractivity contribution < 1.29 is 17.7 Å². The Kier molecular flexibility index (Phi) is 5.29. The zero-order chi connectivity index (χ0) is 32.1. The lowest BCUT2D eigenvalue weighted by atomic mass is 10.1. The van der Waals surface area contributed by atoms with E-state index in [9.17, 15) is 0 Å². The molecular weight excluding hydrogens is 608 g/mol. The molecule has 230 valence electrons. The first kappa shape index (κ1) is 26.3. The standard InChI is InChI=1S/C43H24N2O4/c1-2-8-25(9-3-1)43-44-35-24-41-34(23-42(35)49-43)33-19-16-28(22-40(33)48-41)45(26-14-17-31-29-10-4-6-12-36(29)46-38(31)20-26)27-15-18-32-30-11-5-7-13-37(30)47-39(32)21-27/h1-24H. The van der Waals surface area contributed by atoms with E-state index in [1.54, 1.807) is 0 Å². The van der Waals surface area contributed by atoms with Gasteiger partial charge in [-0.05, 0) is 66.7 Å². The molecule has 0 atom stereocenters. The second-order valence-electron chi connectivity index (χ2n) is 12.4. The fraction of sp³-hybridized carbons (Fsp3) is 0. The fourth-order valence-electron chi connectivity index (χ4n) is 7.18. The highest BCUT2D eigenvalue weighted by atomic mass is 16.4. The summed E-state index contributed by atoms with van der Waals surface area (Å²) < 4.78 is 25.4. The Bertz CT molecular complexity index is 2960. The molecule has 0 saturated carbocycles. The average molecular weight is 633 g/mol. The van der Waals surface area contributed by atoms with Gasteiger partial charge in [0.05, 0.1) is 0 Å². The highest BCUT2D eigenvalue weighted by molar-refractivity contribution is 6.11. The highest BCUT2D eigenvalue weighted by Crippen LogP contribution is 2.43. The Morgan fingerprint density at radius 3 is 1.41 bits per heavy atom. The molecule has 0 radical (unpaired) electrons. The summed E-state index contributed by atoms with van der Waals surface area (Å²) >= 11 is 0. The van der Waals surface area contributed by atoms with E-state index >= 15 is 0 Å². The van der Waals surface area contributed by atoms with Crippen molar-refractivity contribution in [2.45, 2.75) is 0 Å². The van der Waals surface area contributed by atoms with Crippen LogP contribution in [0.4, 0.5) is 17.1 Å². The van der Waals surface area contributed by atoms with Crippen LogP contribution in [0.3, 0.4) is 0 Å². The Morgan fingerprint density at radius 1 is 0.347 bits per heavy atom. The van der Waals surface area contributed by atoms with Crippen LogP contribution in [0.1, 0.15) is 0 Å². The van der Waals surface area contributed by atoms with Crippen molar-refractivity contribution in [3.05, 3.63) is 146 Å². The van der Waals surface area contributed by atoms with Gasteiger partial charge in [0.15, 0.2) is 5.58 Å². The maximum atomic E-state index is 6.51. The van der Waals surface area contributed by atoms with Gasteiger partial charge in [0.25, 0.3) is 0 Å². The number of nitrogens with zero attached hydrogens (tertiary/aromatic N) is 2. The van der Waals surface area contributed by atoms with Crippen molar-refractivity contribution in [3.8, 4) is 11.5 Å². The van der Waals surface area contributed by atoms with Crippen LogP contribution >= 0.6 is 0 Å². The largest absolute Gasteiger partial charge is 0.456 e. The predicted octanol–water partition coefficient (Wildman–Crippen LogP) is 12.7. The summed E-state index contributed by atoms with van der Waals surface area (Å²) in [4.78, 5) is 6.97. The third kappa shape index (κ3) is 3.98. The average Bonchev–Trinajstić information content (AvgIpc) is 3.91. The number of para-hydroxylation sites is 2. The summed E-state index contributed by atoms with van der Waals surface area (Å²) in [7, 11) is 0. The van der Waals surface area contributed by atoms with Crippen molar-refractivity contribution in [3.63, 3.8) is 0 Å². The highest BCUT2D eigenvalue weighted by Gasteiger charge is 2.20. The summed E-state index contributed by atoms with van der Waals surface area (Å²) in [6.45, 7) is 0. The summed E-state index contributed by atoms with van der Waals surface area (Å²) in [5, 5.41) is 6.32. The van der Waals surface area contributed by atoms with Crippen molar-refractivity contribution in [2.75, 3.05) is 4.90 Å². The molecular formula is C43H24N2O4. The van der Waals surface area contributed by atoms with E-state index in [1.165, 1.54) is 0 Å². The van der Waals surface area contributed by atoms with E-state index < -0.39 is 0 Å². The molecule has 6 nitrogen and oxygen atoms in total. The third-order valence-electron chi connectivity index (χ3n) is 9.49. The van der Waals surface area contributed by atoms with Crippen LogP contribution in [0.5, 0.6) is 0 Å². The molecule has 0 aliphatic heterocycles. The number of fused-ring (bicyclic) bond motifs is 10. The van der Waals surface area contributed by atoms with E-state index in [0.29, 0.717) is 5.89 Å². The Hall–Kier alpha value is -6.79. The van der Waals surface area contributed by atoms with Crippen molar-refractivity contribution >= 4 is 94.0 Å². The summed E-state index contributed by atoms with van der Waals surface area (Å²) in [5.74, 6) is 0.591. The quantitative estimate of drug-likeness (QED) is 0.192. The zero-order valence-corrected chi connectivity index (χ0v) is 25.9. The van der Waals surface area contributed by atoms with Gasteiger partial charge in [0.1, 0.15) is 39.0 Å². The van der Waals surface area contributed by atoms with Crippen molar-refractivity contribution in [1.29, 1.82) is 0 Å². The smallest absolute Gasteiger partial charge is 0.227 e. The van der Waals surface area contributed by atoms with E-state index in [-0.39, 0.29) is 0 Å². The first-order valence-corrected chi connectivity index (χ1v) is 16.2. The normalized spacial score (nSPS) is 12.1. The molecule has 0 unspecified atom stereocenters. The van der Waals surface area contributed by atoms with Crippen molar-refractivity contribution in [1.82, 2.24) is 4.98 Å². The number of benzene rings is 7. The second-order valence-corrected chi connectivity index (χ2v) is 12.4. The van der Waals surface area contributed by atoms with E-state index in [0.717, 1.165) is 99.5 Å². The van der Waals surface area contributed by atoms with E-state index in [4.69, 9.17) is 22.7 Å². The third-order valence-corrected chi connectivity index (χ3v) is 9.49. The number of oxazole rings is 1. The molecule has 0 bridgehead atoms. The molecule has 0 aliphatic carbocycles. The number of furan rings is 3. The van der Waals surface area contributed by atoms with Crippen molar-refractivity contribution in [2.24, 2.45) is 0 Å². The molecule has 0 amide bonds. The number of hydrogen-bond donors (Lipinski definition) is 0. The molecule has 0 aliphatic rings. The van der Waals surface area contributed by atoms with Crippen LogP contribution in [0.25, 0.3) is 88.4 Å². The van der Waals surface area contributed by atoms with Crippen LogP contribution in [-0.2, 0) is 0 Å². The van der Waals surface area contributed by atoms with Crippen LogP contribution in [0.15, 0.2) is 163 Å². The van der Waals surface area contributed by atoms with E-state index in [2.05, 4.69) is 71.6 Å². The number of anilines is 3. The summed E-state index contributed by atoms with van der Waals surface area (Å²) in [6.07, 6.45) is 0. The summed E-state index contributed by atoms with van der Waals surface area (Å²) in [6, 6.07) is 49.3. The molecule has 7 aromatic carbocycles. The fourth-order valence-corrected chi connectivity index (χ4v) is 7.18. The molecule has 11 aromatic rings. The number of rotatable bonds is 4. The zero-order valence-electron chi connectivity index (χ0n) is 25.9. The van der Waals surface area contributed by atoms with Gasteiger partial charge >= 0.3 is 0 Å². The van der Waals surface area contributed by atoms with Gasteiger partial charge in [-0.3, -0.25) is 0 Å². The predicted molar refractivity (Wildman–Crippen MR) is 196 cm³/mol. The monoisotopic (exact) mass is 632 g/mol. The van der Waals surface area contributed by atoms with Gasteiger partial charge in [-0.1, -0.05) is 54.6 Å². The molecule has 6 heteroatoms. The van der Waals surface area contributed by atoms with Gasteiger partial charge in [-0.2, -0.15) is 0 Å². The van der Waals surface area contributed by atoms with Gasteiger partial charge in [0, 0.05) is 79.2 Å². The maximum absolute atomic E-state index is 6.51. The number of hydrogen-bond acceptors (Lipinski definition) is 6. The van der Waals surface area contributed by atoms with Crippen LogP contribution in [-0.4, -0.2) is 4.98 Å². The molecule has 49 heavy (non-hydrogen) atoms. The topological polar surface area (TPSA) is 68.7 Å². The van der Waals surface area contributed by atoms with Gasteiger partial charge in [-0.25, -0.2) is 4.98 Å². The second kappa shape index (κ2) is 9.86. The lowest BCUT2D eigenvalue weighted by molar-refractivity contribution is 0.620. The Morgan fingerprint density at radius 2 is 0.816 bits per heavy atom. The SMILES string of the molecule is c1ccc(-c2nc3cc4oc5cc(N(c6ccc7c(c6)oc6ccccc67)c6ccc7c(c6)oc6ccccc67)ccc5c4cc3o2)cc1. The lowest BCUT2D eigenvalue weighted by Gasteiger charge is -2.25. The molecule has 0 saturated heterocycles. The Labute approximate surface area is 278 Å². The molecule has 0 fully saturated rings. The van der Waals surface area contributed by atoms with Gasteiger partial charge < -0.3 is 22.6 Å².